The van der Waals surface area contributed by atoms with Crippen LogP contribution in [0.1, 0.15) is 87.5 Å². The summed E-state index contributed by atoms with van der Waals surface area (Å²) in [6, 6.07) is 0. The first-order valence-electron chi connectivity index (χ1n) is 14.4. The average molecular weight is 579 g/mol. The number of epoxide rings is 1. The van der Waals surface area contributed by atoms with E-state index >= 15 is 0 Å². The van der Waals surface area contributed by atoms with Gasteiger partial charge in [0.1, 0.15) is 24.4 Å². The van der Waals surface area contributed by atoms with Gasteiger partial charge in [0.15, 0.2) is 17.3 Å². The maximum Gasteiger partial charge on any atom is 0.342 e. The molecule has 10 unspecified atom stereocenters. The Bertz CT molecular complexity index is 1150. The van der Waals surface area contributed by atoms with Gasteiger partial charge in [0.05, 0.1) is 0 Å². The zero-order chi connectivity index (χ0) is 30.5. The van der Waals surface area contributed by atoms with Crippen LogP contribution in [0.25, 0.3) is 0 Å². The van der Waals surface area contributed by atoms with E-state index in [1.807, 2.05) is 27.7 Å². The zero-order valence-electron chi connectivity index (χ0n) is 25.1. The van der Waals surface area contributed by atoms with Crippen molar-refractivity contribution in [3.63, 3.8) is 0 Å². The Balaban J connectivity index is 1.99. The lowest BCUT2D eigenvalue weighted by Crippen LogP contribution is -2.66. The smallest absolute Gasteiger partial charge is 0.342 e. The molecule has 11 nitrogen and oxygen atoms in total. The molecule has 1 saturated carbocycles. The minimum atomic E-state index is -1.41. The van der Waals surface area contributed by atoms with Crippen LogP contribution in [0.4, 0.5) is 0 Å². The molecule has 0 amide bonds. The van der Waals surface area contributed by atoms with Gasteiger partial charge < -0.3 is 28.4 Å². The van der Waals surface area contributed by atoms with Gasteiger partial charge in [-0.2, -0.15) is 0 Å². The summed E-state index contributed by atoms with van der Waals surface area (Å²) in [5, 5.41) is 0. The lowest BCUT2D eigenvalue weighted by Gasteiger charge is -2.57. The fourth-order valence-corrected chi connectivity index (χ4v) is 7.49. The molecule has 0 radical (unpaired) electrons. The molecule has 2 aliphatic carbocycles. The number of ether oxygens (including phenoxy) is 6. The number of hydrogen-bond acceptors (Lipinski definition) is 11. The summed E-state index contributed by atoms with van der Waals surface area (Å²) in [4.78, 5) is 63.5. The van der Waals surface area contributed by atoms with Gasteiger partial charge in [0.2, 0.25) is 0 Å². The summed E-state index contributed by atoms with van der Waals surface area (Å²) >= 11 is 0. The van der Waals surface area contributed by atoms with Crippen LogP contribution in [0.3, 0.4) is 0 Å². The number of carbonyl (C=O) groups is 5. The van der Waals surface area contributed by atoms with Crippen molar-refractivity contribution in [3.05, 3.63) is 11.6 Å². The summed E-state index contributed by atoms with van der Waals surface area (Å²) in [7, 11) is 0. The van der Waals surface area contributed by atoms with Gasteiger partial charge in [0, 0.05) is 50.9 Å². The van der Waals surface area contributed by atoms with Crippen LogP contribution < -0.4 is 0 Å². The number of allylic oxidation sites excluding steroid dienone is 1. The lowest BCUT2D eigenvalue weighted by molar-refractivity contribution is -0.235. The van der Waals surface area contributed by atoms with E-state index in [2.05, 4.69) is 0 Å². The lowest BCUT2D eigenvalue weighted by atomic mass is 9.53. The molecule has 4 rings (SSSR count). The van der Waals surface area contributed by atoms with Crippen molar-refractivity contribution in [2.45, 2.75) is 129 Å². The normalized spacial score (nSPS) is 41.3. The van der Waals surface area contributed by atoms with Gasteiger partial charge in [-0.05, 0) is 39.2 Å². The predicted octanol–water partition coefficient (Wildman–Crippen LogP) is 3.35. The van der Waals surface area contributed by atoms with E-state index in [0.29, 0.717) is 19.3 Å². The highest BCUT2D eigenvalue weighted by Gasteiger charge is 2.87. The topological polar surface area (TPSA) is 144 Å². The van der Waals surface area contributed by atoms with Crippen molar-refractivity contribution in [1.29, 1.82) is 0 Å². The molecule has 228 valence electrons. The Morgan fingerprint density at radius 1 is 0.976 bits per heavy atom. The molecule has 11 heteroatoms. The second-order valence-electron chi connectivity index (χ2n) is 12.3. The van der Waals surface area contributed by atoms with Crippen molar-refractivity contribution in [2.75, 3.05) is 0 Å². The monoisotopic (exact) mass is 578 g/mol. The summed E-state index contributed by atoms with van der Waals surface area (Å²) < 4.78 is 36.0. The zero-order valence-corrected chi connectivity index (χ0v) is 25.1. The highest BCUT2D eigenvalue weighted by atomic mass is 16.7. The Morgan fingerprint density at radius 2 is 1.61 bits per heavy atom. The molecule has 2 saturated heterocycles. The Morgan fingerprint density at radius 3 is 2.17 bits per heavy atom. The molecule has 10 atom stereocenters. The first kappa shape index (κ1) is 31.0. The van der Waals surface area contributed by atoms with Crippen LogP contribution >= 0.6 is 0 Å². The van der Waals surface area contributed by atoms with Crippen LogP contribution in [0, 0.1) is 17.3 Å². The van der Waals surface area contributed by atoms with E-state index in [1.165, 1.54) is 20.8 Å². The Labute approximate surface area is 240 Å². The number of hydrogen-bond donors (Lipinski definition) is 0. The minimum Gasteiger partial charge on any atom is -0.462 e. The van der Waals surface area contributed by atoms with Gasteiger partial charge in [-0.3, -0.25) is 19.2 Å². The average Bonchev–Trinajstić information content (AvgIpc) is 3.44. The first-order chi connectivity index (χ1) is 19.1. The highest BCUT2D eigenvalue weighted by Crippen LogP contribution is 2.66. The SMILES string of the molecule is CCCC(=O)OC1CCC(C)=CC2OC(=O)C3(C)OC23C(OC(C)=O)C2C(C)C(OC(C)=O)CC(OC(C)=O)C12C. The molecule has 3 fully saturated rings. The predicted molar refractivity (Wildman–Crippen MR) is 142 cm³/mol. The fourth-order valence-electron chi connectivity index (χ4n) is 7.49. The third-order valence-corrected chi connectivity index (χ3v) is 9.46. The molecule has 0 bridgehead atoms. The third-order valence-electron chi connectivity index (χ3n) is 9.46. The molecule has 1 spiro atoms. The second-order valence-corrected chi connectivity index (χ2v) is 12.3. The molecule has 2 aliphatic heterocycles. The Kier molecular flexibility index (Phi) is 8.34. The van der Waals surface area contributed by atoms with Crippen molar-refractivity contribution < 1.29 is 52.4 Å². The highest BCUT2D eigenvalue weighted by molar-refractivity contribution is 5.89. The summed E-state index contributed by atoms with van der Waals surface area (Å²) in [5.74, 6) is -3.96. The number of carbonyl (C=O) groups excluding carboxylic acids is 5. The molecular formula is C30H42O11. The van der Waals surface area contributed by atoms with E-state index in [-0.39, 0.29) is 12.8 Å². The van der Waals surface area contributed by atoms with Crippen LogP contribution in [0.2, 0.25) is 0 Å². The summed E-state index contributed by atoms with van der Waals surface area (Å²) in [6.07, 6.45) is -0.826. The van der Waals surface area contributed by atoms with Gasteiger partial charge in [-0.25, -0.2) is 4.79 Å². The maximum atomic E-state index is 13.1. The van der Waals surface area contributed by atoms with Gasteiger partial charge in [0.25, 0.3) is 0 Å². The van der Waals surface area contributed by atoms with E-state index in [0.717, 1.165) is 5.57 Å². The third kappa shape index (κ3) is 5.15. The molecule has 41 heavy (non-hydrogen) atoms. The molecule has 0 aromatic heterocycles. The van der Waals surface area contributed by atoms with E-state index in [9.17, 15) is 24.0 Å². The Hall–Kier alpha value is -2.95. The largest absolute Gasteiger partial charge is 0.462 e. The van der Waals surface area contributed by atoms with Crippen LogP contribution in [-0.4, -0.2) is 71.6 Å². The first-order valence-corrected chi connectivity index (χ1v) is 14.4. The number of esters is 5. The standard InChI is InChI=1S/C30H42O11/c1-9-10-24(34)39-21-12-11-15(2)13-23-30(29(8,41-30)27(35)40-23)26(38-19(6)33)25-16(3)20(36-17(4)31)14-22(28(21,25)7)37-18(5)32/h13,16,20-23,25-26H,9-12,14H2,1-8H3. The van der Waals surface area contributed by atoms with Gasteiger partial charge >= 0.3 is 29.8 Å². The second kappa shape index (κ2) is 11.0. The molecule has 0 N–H and O–H groups in total. The van der Waals surface area contributed by atoms with Crippen LogP contribution in [-0.2, 0) is 52.4 Å². The molecular weight excluding hydrogens is 536 g/mol. The maximum absolute atomic E-state index is 13.1. The van der Waals surface area contributed by atoms with E-state index in [4.69, 9.17) is 28.4 Å². The summed E-state index contributed by atoms with van der Waals surface area (Å²) in [6.45, 7) is 12.9. The van der Waals surface area contributed by atoms with Crippen LogP contribution in [0.15, 0.2) is 11.6 Å². The molecule has 2 heterocycles. The molecule has 0 aromatic carbocycles. The minimum absolute atomic E-state index is 0.140. The van der Waals surface area contributed by atoms with Gasteiger partial charge in [-0.1, -0.05) is 26.3 Å². The number of rotatable bonds is 6. The molecule has 4 aliphatic rings. The quantitative estimate of drug-likeness (QED) is 0.198. The summed E-state index contributed by atoms with van der Waals surface area (Å²) in [5.41, 5.74) is -3.09. The van der Waals surface area contributed by atoms with Gasteiger partial charge in [-0.15, -0.1) is 0 Å². The number of fused-ring (bicyclic) bond motifs is 1. The fraction of sp³-hybridized carbons (Fsp3) is 0.767. The van der Waals surface area contributed by atoms with Crippen LogP contribution in [0.5, 0.6) is 0 Å². The van der Waals surface area contributed by atoms with E-state index < -0.39 is 88.8 Å². The van der Waals surface area contributed by atoms with Crippen molar-refractivity contribution in [1.82, 2.24) is 0 Å². The van der Waals surface area contributed by atoms with Crippen molar-refractivity contribution >= 4 is 29.8 Å². The molecule has 0 aromatic rings. The van der Waals surface area contributed by atoms with Crippen molar-refractivity contribution in [3.8, 4) is 0 Å². The van der Waals surface area contributed by atoms with Crippen molar-refractivity contribution in [2.24, 2.45) is 17.3 Å². The van der Waals surface area contributed by atoms with E-state index in [1.54, 1.807) is 13.0 Å².